The van der Waals surface area contributed by atoms with E-state index < -0.39 is 11.8 Å². The Morgan fingerprint density at radius 2 is 1.83 bits per heavy atom. The molecule has 0 saturated carbocycles. The molecule has 8 nitrogen and oxygen atoms in total. The monoisotopic (exact) mass is 400 g/mol. The summed E-state index contributed by atoms with van der Waals surface area (Å²) in [7, 11) is 0. The van der Waals surface area contributed by atoms with Gasteiger partial charge in [0.15, 0.2) is 0 Å². The fourth-order valence-electron chi connectivity index (χ4n) is 2.89. The van der Waals surface area contributed by atoms with Crippen LogP contribution in [0.3, 0.4) is 0 Å². The standard InChI is InChI=1S/C22H20N6O2/c1-13-2-3-18(28-22(30)17(9-23)10-24)8-19(13)16-6-15(11-26-12-16)14-4-5-27-20(7-14)21(25)29/h2-12,23H,24H2,1H3,(H2,25,29)(H,28,30)/b17-10+,23-9?. The van der Waals surface area contributed by atoms with Crippen LogP contribution in [0.15, 0.2) is 66.8 Å². The number of hydrogen-bond acceptors (Lipinski definition) is 6. The molecule has 3 aromatic rings. The minimum absolute atomic E-state index is 0.0590. The maximum absolute atomic E-state index is 12.2. The topological polar surface area (TPSA) is 148 Å². The van der Waals surface area contributed by atoms with E-state index in [9.17, 15) is 9.59 Å². The van der Waals surface area contributed by atoms with E-state index in [1.807, 2.05) is 25.1 Å². The van der Waals surface area contributed by atoms with Crippen LogP contribution in [0, 0.1) is 12.3 Å². The minimum Gasteiger partial charge on any atom is -0.404 e. The molecule has 0 unspecified atom stereocenters. The van der Waals surface area contributed by atoms with Crippen molar-refractivity contribution in [3.63, 3.8) is 0 Å². The number of carbonyl (C=O) groups is 2. The molecule has 2 heterocycles. The highest BCUT2D eigenvalue weighted by Gasteiger charge is 2.11. The van der Waals surface area contributed by atoms with Gasteiger partial charge in [-0.25, -0.2) is 0 Å². The van der Waals surface area contributed by atoms with Gasteiger partial charge >= 0.3 is 0 Å². The number of aromatic nitrogens is 2. The number of primary amides is 1. The van der Waals surface area contributed by atoms with Crippen LogP contribution in [0.4, 0.5) is 5.69 Å². The summed E-state index contributed by atoms with van der Waals surface area (Å²) in [6.07, 6.45) is 6.91. The van der Waals surface area contributed by atoms with Crippen molar-refractivity contribution in [1.29, 1.82) is 5.41 Å². The molecule has 3 rings (SSSR count). The fraction of sp³-hybridized carbons (Fsp3) is 0.0455. The van der Waals surface area contributed by atoms with Crippen LogP contribution in [-0.4, -0.2) is 28.0 Å². The molecule has 0 saturated heterocycles. The Morgan fingerprint density at radius 3 is 2.53 bits per heavy atom. The zero-order valence-corrected chi connectivity index (χ0v) is 16.2. The van der Waals surface area contributed by atoms with Gasteiger partial charge in [-0.3, -0.25) is 19.6 Å². The lowest BCUT2D eigenvalue weighted by Gasteiger charge is -2.12. The van der Waals surface area contributed by atoms with Crippen molar-refractivity contribution >= 4 is 23.7 Å². The van der Waals surface area contributed by atoms with Crippen LogP contribution in [0.25, 0.3) is 22.3 Å². The summed E-state index contributed by atoms with van der Waals surface area (Å²) in [4.78, 5) is 31.9. The lowest BCUT2D eigenvalue weighted by molar-refractivity contribution is -0.112. The molecule has 0 radical (unpaired) electrons. The molecule has 0 aliphatic rings. The molecule has 1 aromatic carbocycles. The molecular formula is C22H20N6O2. The van der Waals surface area contributed by atoms with E-state index >= 15 is 0 Å². The SMILES string of the molecule is Cc1ccc(NC(=O)/C(C=N)=C/N)cc1-c1cncc(-c2ccnc(C(N)=O)c2)c1. The molecule has 0 atom stereocenters. The van der Waals surface area contributed by atoms with Crippen molar-refractivity contribution in [2.24, 2.45) is 11.5 Å². The quantitative estimate of drug-likeness (QED) is 0.371. The van der Waals surface area contributed by atoms with E-state index in [1.54, 1.807) is 30.6 Å². The molecule has 0 spiro atoms. The van der Waals surface area contributed by atoms with Crippen LogP contribution < -0.4 is 16.8 Å². The van der Waals surface area contributed by atoms with Crippen LogP contribution in [0.2, 0.25) is 0 Å². The summed E-state index contributed by atoms with van der Waals surface area (Å²) in [5, 5.41) is 9.97. The second kappa shape index (κ2) is 8.78. The molecule has 2 aromatic heterocycles. The number of nitrogens with zero attached hydrogens (tertiary/aromatic N) is 2. The van der Waals surface area contributed by atoms with E-state index in [0.29, 0.717) is 5.69 Å². The summed E-state index contributed by atoms with van der Waals surface area (Å²) in [6.45, 7) is 1.95. The van der Waals surface area contributed by atoms with Crippen LogP contribution in [0.5, 0.6) is 0 Å². The molecule has 0 bridgehead atoms. The van der Waals surface area contributed by atoms with Crippen molar-refractivity contribution in [3.05, 3.63) is 78.0 Å². The number of pyridine rings is 2. The first-order chi connectivity index (χ1) is 14.4. The first kappa shape index (κ1) is 20.4. The van der Waals surface area contributed by atoms with Crippen molar-refractivity contribution in [1.82, 2.24) is 9.97 Å². The van der Waals surface area contributed by atoms with Gasteiger partial charge in [0, 0.05) is 47.8 Å². The third-order valence-electron chi connectivity index (χ3n) is 4.49. The summed E-state index contributed by atoms with van der Waals surface area (Å²) >= 11 is 0. The number of benzene rings is 1. The number of hydrogen-bond donors (Lipinski definition) is 4. The third kappa shape index (κ3) is 4.39. The predicted octanol–water partition coefficient (Wildman–Crippen LogP) is 2.65. The van der Waals surface area contributed by atoms with Crippen molar-refractivity contribution in [2.75, 3.05) is 5.32 Å². The van der Waals surface area contributed by atoms with E-state index in [2.05, 4.69) is 15.3 Å². The molecule has 150 valence electrons. The first-order valence-electron chi connectivity index (χ1n) is 8.99. The number of nitrogens with two attached hydrogens (primary N) is 2. The highest BCUT2D eigenvalue weighted by molar-refractivity contribution is 6.17. The van der Waals surface area contributed by atoms with E-state index in [-0.39, 0.29) is 11.3 Å². The maximum Gasteiger partial charge on any atom is 0.267 e. The van der Waals surface area contributed by atoms with Crippen molar-refractivity contribution < 1.29 is 9.59 Å². The largest absolute Gasteiger partial charge is 0.404 e. The lowest BCUT2D eigenvalue weighted by Crippen LogP contribution is -2.16. The average Bonchev–Trinajstić information content (AvgIpc) is 2.76. The molecule has 0 fully saturated rings. The summed E-state index contributed by atoms with van der Waals surface area (Å²) in [5.74, 6) is -1.07. The van der Waals surface area contributed by atoms with Crippen molar-refractivity contribution in [3.8, 4) is 22.3 Å². The second-order valence-corrected chi connectivity index (χ2v) is 6.51. The third-order valence-corrected chi connectivity index (χ3v) is 4.49. The molecular weight excluding hydrogens is 380 g/mol. The number of aryl methyl sites for hydroxylation is 1. The second-order valence-electron chi connectivity index (χ2n) is 6.51. The Morgan fingerprint density at radius 1 is 1.07 bits per heavy atom. The average molecular weight is 400 g/mol. The van der Waals surface area contributed by atoms with E-state index in [1.165, 1.54) is 6.20 Å². The Kier molecular flexibility index (Phi) is 5.97. The normalized spacial score (nSPS) is 11.0. The zero-order chi connectivity index (χ0) is 21.7. The molecule has 30 heavy (non-hydrogen) atoms. The first-order valence-corrected chi connectivity index (χ1v) is 8.99. The maximum atomic E-state index is 12.2. The Hall–Kier alpha value is -4.33. The number of amides is 2. The van der Waals surface area contributed by atoms with E-state index in [0.717, 1.165) is 40.2 Å². The molecule has 0 aliphatic carbocycles. The lowest BCUT2D eigenvalue weighted by atomic mass is 9.98. The van der Waals surface area contributed by atoms with Gasteiger partial charge in [0.25, 0.3) is 11.8 Å². The number of nitrogens with one attached hydrogen (secondary N) is 2. The summed E-state index contributed by atoms with van der Waals surface area (Å²) < 4.78 is 0. The fourth-order valence-corrected chi connectivity index (χ4v) is 2.89. The van der Waals surface area contributed by atoms with Gasteiger partial charge in [0.05, 0.1) is 5.57 Å². The van der Waals surface area contributed by atoms with Crippen LogP contribution in [-0.2, 0) is 4.79 Å². The molecule has 8 heteroatoms. The smallest absolute Gasteiger partial charge is 0.267 e. The Balaban J connectivity index is 1.97. The summed E-state index contributed by atoms with van der Waals surface area (Å²) in [6, 6.07) is 10.8. The highest BCUT2D eigenvalue weighted by atomic mass is 16.2. The van der Waals surface area contributed by atoms with Gasteiger partial charge in [-0.05, 0) is 53.9 Å². The van der Waals surface area contributed by atoms with Crippen LogP contribution in [0.1, 0.15) is 16.1 Å². The highest BCUT2D eigenvalue weighted by Crippen LogP contribution is 2.29. The van der Waals surface area contributed by atoms with Gasteiger partial charge in [0.1, 0.15) is 5.69 Å². The molecule has 6 N–H and O–H groups in total. The zero-order valence-electron chi connectivity index (χ0n) is 16.2. The Bertz CT molecular complexity index is 1170. The molecule has 0 aliphatic heterocycles. The van der Waals surface area contributed by atoms with Gasteiger partial charge in [0.2, 0.25) is 0 Å². The van der Waals surface area contributed by atoms with Gasteiger partial charge in [-0.1, -0.05) is 6.07 Å². The van der Waals surface area contributed by atoms with Crippen LogP contribution >= 0.6 is 0 Å². The minimum atomic E-state index is -0.601. The van der Waals surface area contributed by atoms with Gasteiger partial charge in [-0.2, -0.15) is 0 Å². The molecule has 2 amide bonds. The summed E-state index contributed by atoms with van der Waals surface area (Å²) in [5.41, 5.74) is 15.7. The van der Waals surface area contributed by atoms with Gasteiger partial charge < -0.3 is 22.2 Å². The van der Waals surface area contributed by atoms with Gasteiger partial charge in [-0.15, -0.1) is 0 Å². The number of rotatable bonds is 6. The van der Waals surface area contributed by atoms with Crippen molar-refractivity contribution in [2.45, 2.75) is 6.92 Å². The number of carbonyl (C=O) groups excluding carboxylic acids is 2. The predicted molar refractivity (Wildman–Crippen MR) is 116 cm³/mol. The Labute approximate surface area is 173 Å². The number of anilines is 1. The van der Waals surface area contributed by atoms with E-state index in [4.69, 9.17) is 16.9 Å².